The molecule has 1 aromatic heterocycles. The maximum absolute atomic E-state index is 13.9. The van der Waals surface area contributed by atoms with Crippen LogP contribution >= 0.6 is 0 Å². The lowest BCUT2D eigenvalue weighted by atomic mass is 10.1. The average Bonchev–Trinajstić information content (AvgIpc) is 2.60. The summed E-state index contributed by atoms with van der Waals surface area (Å²) in [5, 5.41) is 15.2. The maximum Gasteiger partial charge on any atom is 0.578 e. The van der Waals surface area contributed by atoms with Crippen LogP contribution in [0.5, 0.6) is 0 Å². The van der Waals surface area contributed by atoms with Crippen LogP contribution in [0.4, 0.5) is 22.0 Å². The number of alkyl halides is 3. The molecule has 0 spiro atoms. The van der Waals surface area contributed by atoms with E-state index in [0.717, 1.165) is 30.5 Å². The Balaban J connectivity index is 2.07. The zero-order chi connectivity index (χ0) is 19.8. The fourth-order valence-electron chi connectivity index (χ4n) is 2.22. The van der Waals surface area contributed by atoms with Gasteiger partial charge >= 0.3 is 5.51 Å². The van der Waals surface area contributed by atoms with Gasteiger partial charge in [-0.05, 0) is 18.2 Å². The maximum atomic E-state index is 13.9. The third kappa shape index (κ3) is 4.14. The zero-order valence-corrected chi connectivity index (χ0v) is 13.9. The van der Waals surface area contributed by atoms with E-state index in [1.54, 1.807) is 0 Å². The predicted octanol–water partition coefficient (Wildman–Crippen LogP) is 3.35. The largest absolute Gasteiger partial charge is 0.604 e. The van der Waals surface area contributed by atoms with Gasteiger partial charge in [-0.2, -0.15) is 0 Å². The van der Waals surface area contributed by atoms with Crippen molar-refractivity contribution in [1.82, 2.24) is 10.1 Å². The SMILES string of the molecule is [O-][n+]1cc(-c2cccc([S+]([O-])C(F)(F)F)c2)nc(-c2ccc(F)cc2F)n1. The Hall–Kier alpha value is -2.79. The fourth-order valence-corrected chi connectivity index (χ4v) is 2.92. The van der Waals surface area contributed by atoms with Crippen LogP contribution in [0.2, 0.25) is 0 Å². The predicted molar refractivity (Wildman–Crippen MR) is 84.2 cm³/mol. The standard InChI is InChI=1S/C16H8F5N3O2S/c17-10-4-5-12(13(18)7-10)15-22-14(8-24(25)23-15)9-2-1-3-11(6-9)27(26)16(19,20)21/h1-8H. The third-order valence-electron chi connectivity index (χ3n) is 3.38. The van der Waals surface area contributed by atoms with Crippen molar-refractivity contribution < 1.29 is 31.3 Å². The van der Waals surface area contributed by atoms with Gasteiger partial charge in [0.1, 0.15) is 17.3 Å². The van der Waals surface area contributed by atoms with Gasteiger partial charge in [-0.3, -0.25) is 0 Å². The van der Waals surface area contributed by atoms with Gasteiger partial charge in [0.25, 0.3) is 0 Å². The molecule has 3 aromatic rings. The number of rotatable bonds is 3. The molecule has 1 atom stereocenters. The average molecular weight is 401 g/mol. The zero-order valence-electron chi connectivity index (χ0n) is 13.1. The molecular weight excluding hydrogens is 393 g/mol. The van der Waals surface area contributed by atoms with E-state index >= 15 is 0 Å². The molecule has 0 N–H and O–H groups in total. The Morgan fingerprint density at radius 3 is 2.44 bits per heavy atom. The number of benzene rings is 2. The summed E-state index contributed by atoms with van der Waals surface area (Å²) in [5.41, 5.74) is -5.30. The minimum absolute atomic E-state index is 0.0425. The molecule has 0 saturated carbocycles. The van der Waals surface area contributed by atoms with Crippen molar-refractivity contribution >= 4 is 11.2 Å². The highest BCUT2D eigenvalue weighted by Crippen LogP contribution is 2.32. The van der Waals surface area contributed by atoms with E-state index in [-0.39, 0.29) is 27.5 Å². The molecule has 140 valence electrons. The van der Waals surface area contributed by atoms with Crippen LogP contribution in [0.15, 0.2) is 53.6 Å². The second-order valence-electron chi connectivity index (χ2n) is 5.22. The number of hydrogen-bond acceptors (Lipinski definition) is 4. The van der Waals surface area contributed by atoms with Crippen molar-refractivity contribution in [2.24, 2.45) is 0 Å². The summed E-state index contributed by atoms with van der Waals surface area (Å²) in [5.74, 6) is -2.24. The quantitative estimate of drug-likeness (QED) is 0.292. The van der Waals surface area contributed by atoms with Crippen molar-refractivity contribution in [2.75, 3.05) is 0 Å². The van der Waals surface area contributed by atoms with Crippen molar-refractivity contribution in [2.45, 2.75) is 10.4 Å². The van der Waals surface area contributed by atoms with E-state index in [1.165, 1.54) is 12.1 Å². The monoisotopic (exact) mass is 401 g/mol. The van der Waals surface area contributed by atoms with Gasteiger partial charge in [0.05, 0.1) is 16.7 Å². The van der Waals surface area contributed by atoms with Crippen molar-refractivity contribution in [3.63, 3.8) is 0 Å². The molecule has 27 heavy (non-hydrogen) atoms. The summed E-state index contributed by atoms with van der Waals surface area (Å²) in [6, 6.07) is 7.06. The van der Waals surface area contributed by atoms with Crippen LogP contribution in [-0.4, -0.2) is 20.1 Å². The summed E-state index contributed by atoms with van der Waals surface area (Å²) in [4.78, 5) is 3.47. The molecule has 0 aliphatic carbocycles. The summed E-state index contributed by atoms with van der Waals surface area (Å²) < 4.78 is 76.4. The molecule has 0 saturated heterocycles. The second-order valence-corrected chi connectivity index (χ2v) is 6.69. The van der Waals surface area contributed by atoms with E-state index in [2.05, 4.69) is 10.1 Å². The number of halogens is 5. The summed E-state index contributed by atoms with van der Waals surface area (Å²) in [6.07, 6.45) is 0.862. The minimum Gasteiger partial charge on any atom is -0.604 e. The first kappa shape index (κ1) is 19.0. The van der Waals surface area contributed by atoms with Crippen molar-refractivity contribution in [3.8, 4) is 22.6 Å². The second kappa shape index (κ2) is 7.08. The lowest BCUT2D eigenvalue weighted by Crippen LogP contribution is -2.32. The Bertz CT molecular complexity index is 1000. The first-order chi connectivity index (χ1) is 12.6. The van der Waals surface area contributed by atoms with Gasteiger partial charge in [0, 0.05) is 22.8 Å². The molecule has 0 amide bonds. The van der Waals surface area contributed by atoms with Gasteiger partial charge in [0.2, 0.25) is 12.0 Å². The number of nitrogens with zero attached hydrogens (tertiary/aromatic N) is 3. The number of hydrogen-bond donors (Lipinski definition) is 0. The molecule has 0 aliphatic rings. The molecule has 1 unspecified atom stereocenters. The van der Waals surface area contributed by atoms with E-state index in [1.807, 2.05) is 0 Å². The fraction of sp³-hybridized carbons (Fsp3) is 0.0625. The van der Waals surface area contributed by atoms with E-state index in [0.29, 0.717) is 6.07 Å². The van der Waals surface area contributed by atoms with E-state index in [4.69, 9.17) is 0 Å². The first-order valence-corrected chi connectivity index (χ1v) is 8.33. The molecule has 3 rings (SSSR count). The molecular formula is C16H8F5N3O2S. The molecule has 0 radical (unpaired) electrons. The molecule has 0 aliphatic heterocycles. The normalized spacial score (nSPS) is 12.8. The topological polar surface area (TPSA) is 75.8 Å². The van der Waals surface area contributed by atoms with E-state index < -0.39 is 33.2 Å². The summed E-state index contributed by atoms with van der Waals surface area (Å²) in [6.45, 7) is 0. The molecule has 1 heterocycles. The summed E-state index contributed by atoms with van der Waals surface area (Å²) >= 11 is -3.27. The molecule has 5 nitrogen and oxygen atoms in total. The highest BCUT2D eigenvalue weighted by atomic mass is 32.2. The smallest absolute Gasteiger partial charge is 0.578 e. The van der Waals surface area contributed by atoms with Crippen LogP contribution in [-0.2, 0) is 11.2 Å². The third-order valence-corrected chi connectivity index (χ3v) is 4.48. The van der Waals surface area contributed by atoms with Gasteiger partial charge in [0.15, 0.2) is 4.90 Å². The molecule has 0 fully saturated rings. The van der Waals surface area contributed by atoms with Crippen LogP contribution < -0.4 is 4.85 Å². The van der Waals surface area contributed by atoms with Crippen molar-refractivity contribution in [3.05, 3.63) is 65.5 Å². The Kier molecular flexibility index (Phi) is 4.98. The first-order valence-electron chi connectivity index (χ1n) is 7.18. The van der Waals surface area contributed by atoms with Crippen LogP contribution in [0.1, 0.15) is 0 Å². The number of aromatic nitrogens is 3. The van der Waals surface area contributed by atoms with Gasteiger partial charge < -0.3 is 9.76 Å². The van der Waals surface area contributed by atoms with Crippen LogP contribution in [0, 0.1) is 16.8 Å². The Morgan fingerprint density at radius 2 is 1.78 bits per heavy atom. The van der Waals surface area contributed by atoms with Gasteiger partial charge in [-0.1, -0.05) is 17.0 Å². The van der Waals surface area contributed by atoms with Crippen LogP contribution in [0.3, 0.4) is 0 Å². The molecule has 11 heteroatoms. The highest BCUT2D eigenvalue weighted by molar-refractivity contribution is 7.92. The lowest BCUT2D eigenvalue weighted by molar-refractivity contribution is -0.668. The Morgan fingerprint density at radius 1 is 1.04 bits per heavy atom. The van der Waals surface area contributed by atoms with Gasteiger partial charge in [-0.15, -0.1) is 13.2 Å². The van der Waals surface area contributed by atoms with Gasteiger partial charge in [-0.25, -0.2) is 13.8 Å². The summed E-state index contributed by atoms with van der Waals surface area (Å²) in [7, 11) is 0. The lowest BCUT2D eigenvalue weighted by Gasteiger charge is -2.12. The van der Waals surface area contributed by atoms with Crippen molar-refractivity contribution in [1.29, 1.82) is 0 Å². The van der Waals surface area contributed by atoms with E-state index in [9.17, 15) is 31.7 Å². The Labute approximate surface area is 151 Å². The van der Waals surface area contributed by atoms with Crippen LogP contribution in [0.25, 0.3) is 22.6 Å². The highest BCUT2D eigenvalue weighted by Gasteiger charge is 2.46. The molecule has 0 bridgehead atoms. The minimum atomic E-state index is -4.95. The molecule has 2 aromatic carbocycles.